The molecule has 4 nitrogen and oxygen atoms in total. The quantitative estimate of drug-likeness (QED) is 0.716. The van der Waals surface area contributed by atoms with Crippen LogP contribution < -0.4 is 5.56 Å². The van der Waals surface area contributed by atoms with Crippen LogP contribution in [0.1, 0.15) is 20.8 Å². The summed E-state index contributed by atoms with van der Waals surface area (Å²) in [6.07, 6.45) is 2.60. The standard InChI is InChI=1S/C10H12FN3O/c1-10(2,3)14-4-6(11)7-8(14)12-5-13-9(7)15/h4-5H,1-3H3,(H,12,13,15). The number of nitrogens with zero attached hydrogens (tertiary/aromatic N) is 2. The van der Waals surface area contributed by atoms with Crippen LogP contribution in [0.5, 0.6) is 0 Å². The molecule has 0 saturated heterocycles. The van der Waals surface area contributed by atoms with Crippen molar-refractivity contribution in [2.45, 2.75) is 26.3 Å². The zero-order valence-corrected chi connectivity index (χ0v) is 8.84. The zero-order chi connectivity index (χ0) is 11.2. The van der Waals surface area contributed by atoms with Crippen molar-refractivity contribution >= 4 is 11.0 Å². The molecular weight excluding hydrogens is 197 g/mol. The molecule has 0 radical (unpaired) electrons. The minimum atomic E-state index is -0.533. The van der Waals surface area contributed by atoms with E-state index in [4.69, 9.17) is 0 Å². The molecule has 0 aliphatic rings. The second-order valence-electron chi connectivity index (χ2n) is 4.45. The number of aromatic nitrogens is 3. The molecule has 2 heterocycles. The number of H-pyrrole nitrogens is 1. The van der Waals surface area contributed by atoms with Gasteiger partial charge in [0.05, 0.1) is 6.33 Å². The van der Waals surface area contributed by atoms with Crippen molar-refractivity contribution in [1.82, 2.24) is 14.5 Å². The lowest BCUT2D eigenvalue weighted by atomic mass is 10.1. The van der Waals surface area contributed by atoms with Gasteiger partial charge in [0.1, 0.15) is 5.39 Å². The number of fused-ring (bicyclic) bond motifs is 1. The van der Waals surface area contributed by atoms with Crippen LogP contribution in [0.2, 0.25) is 0 Å². The number of rotatable bonds is 0. The van der Waals surface area contributed by atoms with E-state index in [1.807, 2.05) is 20.8 Å². The highest BCUT2D eigenvalue weighted by Gasteiger charge is 2.20. The third-order valence-electron chi connectivity index (χ3n) is 2.27. The lowest BCUT2D eigenvalue weighted by molar-refractivity contribution is 0.404. The van der Waals surface area contributed by atoms with Crippen molar-refractivity contribution in [3.05, 3.63) is 28.7 Å². The first-order chi connectivity index (χ1) is 6.91. The van der Waals surface area contributed by atoms with Crippen molar-refractivity contribution in [2.24, 2.45) is 0 Å². The number of aromatic amines is 1. The van der Waals surface area contributed by atoms with Crippen LogP contribution >= 0.6 is 0 Å². The summed E-state index contributed by atoms with van der Waals surface area (Å²) in [5, 5.41) is 0.0208. The van der Waals surface area contributed by atoms with Crippen LogP contribution in [-0.4, -0.2) is 14.5 Å². The third-order valence-corrected chi connectivity index (χ3v) is 2.27. The first-order valence-electron chi connectivity index (χ1n) is 4.66. The van der Waals surface area contributed by atoms with E-state index < -0.39 is 11.4 Å². The van der Waals surface area contributed by atoms with Gasteiger partial charge in [-0.1, -0.05) is 0 Å². The number of nitrogens with one attached hydrogen (secondary N) is 1. The van der Waals surface area contributed by atoms with Crippen LogP contribution in [0, 0.1) is 5.82 Å². The van der Waals surface area contributed by atoms with Gasteiger partial charge in [-0.15, -0.1) is 0 Å². The lowest BCUT2D eigenvalue weighted by Gasteiger charge is -2.21. The van der Waals surface area contributed by atoms with Gasteiger partial charge in [0.25, 0.3) is 5.56 Å². The topological polar surface area (TPSA) is 50.7 Å². The molecule has 1 N–H and O–H groups in total. The lowest BCUT2D eigenvalue weighted by Crippen LogP contribution is -2.21. The molecule has 80 valence electrons. The summed E-state index contributed by atoms with van der Waals surface area (Å²) in [6, 6.07) is 0. The van der Waals surface area contributed by atoms with Gasteiger partial charge in [-0.05, 0) is 20.8 Å². The molecular formula is C10H12FN3O. The Bertz CT molecular complexity index is 562. The molecule has 0 saturated carbocycles. The number of hydrogen-bond donors (Lipinski definition) is 1. The van der Waals surface area contributed by atoms with E-state index in [-0.39, 0.29) is 10.9 Å². The predicted molar refractivity (Wildman–Crippen MR) is 55.3 cm³/mol. The highest BCUT2D eigenvalue weighted by atomic mass is 19.1. The second kappa shape index (κ2) is 2.92. The second-order valence-corrected chi connectivity index (χ2v) is 4.45. The predicted octanol–water partition coefficient (Wildman–Crippen LogP) is 1.62. The SMILES string of the molecule is CC(C)(C)n1cc(F)c2c(=O)[nH]cnc21. The molecule has 2 rings (SSSR count). The van der Waals surface area contributed by atoms with Crippen LogP contribution in [0.4, 0.5) is 4.39 Å². The van der Waals surface area contributed by atoms with Gasteiger partial charge in [0, 0.05) is 11.7 Å². The summed E-state index contributed by atoms with van der Waals surface area (Å²) in [6.45, 7) is 5.78. The summed E-state index contributed by atoms with van der Waals surface area (Å²) in [5.74, 6) is -0.533. The minimum Gasteiger partial charge on any atom is -0.324 e. The summed E-state index contributed by atoms with van der Waals surface area (Å²) >= 11 is 0. The van der Waals surface area contributed by atoms with Gasteiger partial charge >= 0.3 is 0 Å². The van der Waals surface area contributed by atoms with E-state index in [9.17, 15) is 9.18 Å². The number of hydrogen-bond acceptors (Lipinski definition) is 2. The molecule has 0 amide bonds. The fourth-order valence-electron chi connectivity index (χ4n) is 1.54. The maximum atomic E-state index is 13.5. The molecule has 0 fully saturated rings. The molecule has 2 aromatic rings. The van der Waals surface area contributed by atoms with Crippen molar-refractivity contribution in [3.8, 4) is 0 Å². The largest absolute Gasteiger partial charge is 0.324 e. The van der Waals surface area contributed by atoms with Crippen molar-refractivity contribution in [2.75, 3.05) is 0 Å². The van der Waals surface area contributed by atoms with Crippen LogP contribution in [-0.2, 0) is 5.54 Å². The monoisotopic (exact) mass is 209 g/mol. The maximum Gasteiger partial charge on any atom is 0.263 e. The van der Waals surface area contributed by atoms with Crippen molar-refractivity contribution in [3.63, 3.8) is 0 Å². The summed E-state index contributed by atoms with van der Waals surface area (Å²) in [4.78, 5) is 17.7. The molecule has 0 spiro atoms. The van der Waals surface area contributed by atoms with Gasteiger partial charge in [0.15, 0.2) is 11.5 Å². The molecule has 2 aromatic heterocycles. The van der Waals surface area contributed by atoms with E-state index >= 15 is 0 Å². The van der Waals surface area contributed by atoms with Gasteiger partial charge in [0.2, 0.25) is 0 Å². The van der Waals surface area contributed by atoms with Crippen LogP contribution in [0.15, 0.2) is 17.3 Å². The highest BCUT2D eigenvalue weighted by molar-refractivity contribution is 5.75. The maximum absolute atomic E-state index is 13.5. The van der Waals surface area contributed by atoms with Gasteiger partial charge in [-0.25, -0.2) is 9.37 Å². The Morgan fingerprint density at radius 3 is 2.73 bits per heavy atom. The van der Waals surface area contributed by atoms with Crippen LogP contribution in [0.3, 0.4) is 0 Å². The van der Waals surface area contributed by atoms with Crippen molar-refractivity contribution in [1.29, 1.82) is 0 Å². The molecule has 15 heavy (non-hydrogen) atoms. The molecule has 0 unspecified atom stereocenters. The third kappa shape index (κ3) is 1.44. The van der Waals surface area contributed by atoms with E-state index in [0.717, 1.165) is 0 Å². The Kier molecular flexibility index (Phi) is 1.92. The molecule has 5 heteroatoms. The number of halogens is 1. The fourth-order valence-corrected chi connectivity index (χ4v) is 1.54. The van der Waals surface area contributed by atoms with E-state index in [1.54, 1.807) is 4.57 Å². The highest BCUT2D eigenvalue weighted by Crippen LogP contribution is 2.22. The van der Waals surface area contributed by atoms with E-state index in [0.29, 0.717) is 5.65 Å². The average Bonchev–Trinajstić information content (AvgIpc) is 2.44. The smallest absolute Gasteiger partial charge is 0.263 e. The Balaban J connectivity index is 2.92. The molecule has 0 aliphatic heterocycles. The molecule has 0 aliphatic carbocycles. The summed E-state index contributed by atoms with van der Waals surface area (Å²) in [7, 11) is 0. The fraction of sp³-hybridized carbons (Fsp3) is 0.400. The average molecular weight is 209 g/mol. The molecule has 0 bridgehead atoms. The van der Waals surface area contributed by atoms with Crippen molar-refractivity contribution < 1.29 is 4.39 Å². The summed E-state index contributed by atoms with van der Waals surface area (Å²) in [5.41, 5.74) is -0.368. The minimum absolute atomic E-state index is 0.0208. The normalized spacial score (nSPS) is 12.3. The first kappa shape index (κ1) is 9.89. The molecule has 0 atom stereocenters. The van der Waals surface area contributed by atoms with Gasteiger partial charge < -0.3 is 9.55 Å². The first-order valence-corrected chi connectivity index (χ1v) is 4.66. The van der Waals surface area contributed by atoms with E-state index in [1.165, 1.54) is 12.5 Å². The zero-order valence-electron chi connectivity index (χ0n) is 8.84. The Labute approximate surface area is 85.8 Å². The molecule has 0 aromatic carbocycles. The Morgan fingerprint density at radius 2 is 2.13 bits per heavy atom. The Hall–Kier alpha value is -1.65. The van der Waals surface area contributed by atoms with Gasteiger partial charge in [-0.2, -0.15) is 0 Å². The van der Waals surface area contributed by atoms with Crippen LogP contribution in [0.25, 0.3) is 11.0 Å². The van der Waals surface area contributed by atoms with E-state index in [2.05, 4.69) is 9.97 Å². The van der Waals surface area contributed by atoms with Gasteiger partial charge in [-0.3, -0.25) is 4.79 Å². The Morgan fingerprint density at radius 1 is 1.47 bits per heavy atom. The summed E-state index contributed by atoms with van der Waals surface area (Å²) < 4.78 is 15.2.